The van der Waals surface area contributed by atoms with Gasteiger partial charge in [0.05, 0.1) is 0 Å². The third kappa shape index (κ3) is 2.88. The number of rotatable bonds is 5. The fourth-order valence-electron chi connectivity index (χ4n) is 3.19. The summed E-state index contributed by atoms with van der Waals surface area (Å²) in [5, 5.41) is 0.901. The van der Waals surface area contributed by atoms with Crippen molar-refractivity contribution in [3.05, 3.63) is 42.2 Å². The Morgan fingerprint density at radius 2 is 1.88 bits per heavy atom. The van der Waals surface area contributed by atoms with Gasteiger partial charge in [-0.05, 0) is 26.0 Å². The van der Waals surface area contributed by atoms with Crippen molar-refractivity contribution in [2.45, 2.75) is 44.2 Å². The van der Waals surface area contributed by atoms with E-state index in [1.807, 2.05) is 19.9 Å². The first-order chi connectivity index (χ1) is 11.3. The van der Waals surface area contributed by atoms with Crippen LogP contribution in [0.25, 0.3) is 0 Å². The van der Waals surface area contributed by atoms with Crippen LogP contribution in [0.3, 0.4) is 0 Å². The Balaban J connectivity index is 1.89. The minimum absolute atomic E-state index is 0.336. The molecular weight excluding hydrogens is 331 g/mol. The molecule has 2 saturated heterocycles. The van der Waals surface area contributed by atoms with E-state index in [1.165, 1.54) is 7.11 Å². The lowest BCUT2D eigenvalue weighted by Gasteiger charge is -2.29. The second kappa shape index (κ2) is 6.37. The van der Waals surface area contributed by atoms with Crippen molar-refractivity contribution >= 4 is 12.7 Å². The molecule has 1 aromatic carbocycles. The van der Waals surface area contributed by atoms with E-state index in [0.29, 0.717) is 10.6 Å². The number of hydrogen-bond acceptors (Lipinski definition) is 6. The summed E-state index contributed by atoms with van der Waals surface area (Å²) in [4.78, 5) is 0. The van der Waals surface area contributed by atoms with E-state index in [9.17, 15) is 4.57 Å². The van der Waals surface area contributed by atoms with E-state index >= 15 is 0 Å². The van der Waals surface area contributed by atoms with Gasteiger partial charge < -0.3 is 23.5 Å². The number of methoxy groups -OCH3 is 1. The van der Waals surface area contributed by atoms with Crippen LogP contribution in [0.15, 0.2) is 42.2 Å². The zero-order valence-corrected chi connectivity index (χ0v) is 15.2. The Kier molecular flexibility index (Phi) is 4.73. The Bertz CT molecular complexity index is 658. The van der Waals surface area contributed by atoms with Crippen LogP contribution in [-0.2, 0) is 28.0 Å². The minimum atomic E-state index is -3.33. The Labute approximate surface area is 142 Å². The average molecular weight is 354 g/mol. The highest BCUT2D eigenvalue weighted by Gasteiger charge is 2.57. The topological polar surface area (TPSA) is 63.2 Å². The summed E-state index contributed by atoms with van der Waals surface area (Å²) in [5.74, 6) is -0.747. The van der Waals surface area contributed by atoms with Gasteiger partial charge in [-0.15, -0.1) is 0 Å². The predicted molar refractivity (Wildman–Crippen MR) is 89.3 cm³/mol. The van der Waals surface area contributed by atoms with Crippen molar-refractivity contribution in [3.8, 4) is 0 Å². The summed E-state index contributed by atoms with van der Waals surface area (Å²) < 4.78 is 41.9. The average Bonchev–Trinajstić information content (AvgIpc) is 3.05. The first kappa shape index (κ1) is 17.8. The lowest BCUT2D eigenvalue weighted by Crippen LogP contribution is -2.37. The third-order valence-corrected chi connectivity index (χ3v) is 6.83. The molecule has 24 heavy (non-hydrogen) atoms. The molecule has 0 aromatic heterocycles. The van der Waals surface area contributed by atoms with Crippen molar-refractivity contribution in [3.63, 3.8) is 0 Å². The van der Waals surface area contributed by atoms with E-state index in [4.69, 9.17) is 23.5 Å². The normalized spacial score (nSPS) is 33.8. The molecule has 2 heterocycles. The molecule has 0 saturated carbocycles. The molecule has 1 unspecified atom stereocenters. The molecule has 0 spiro atoms. The standard InChI is InChI=1S/C17H23O6P/c1-11(24(18,20-5)12-9-7-6-8-10-12)13-14(19-4)15-16(21-13)23-17(2,3)22-15/h6-10,13-16H,1H2,2-5H3/t13-,14+,15-,16-,24?/m1/s1. The maximum absolute atomic E-state index is 13.4. The lowest BCUT2D eigenvalue weighted by molar-refractivity contribution is -0.211. The van der Waals surface area contributed by atoms with Crippen LogP contribution >= 0.6 is 7.37 Å². The fourth-order valence-corrected chi connectivity index (χ4v) is 5.07. The Morgan fingerprint density at radius 1 is 1.21 bits per heavy atom. The van der Waals surface area contributed by atoms with Crippen molar-refractivity contribution in [2.75, 3.05) is 14.2 Å². The van der Waals surface area contributed by atoms with Gasteiger partial charge >= 0.3 is 0 Å². The van der Waals surface area contributed by atoms with Crippen LogP contribution in [0.4, 0.5) is 0 Å². The van der Waals surface area contributed by atoms with Crippen molar-refractivity contribution in [2.24, 2.45) is 0 Å². The van der Waals surface area contributed by atoms with Gasteiger partial charge in [-0.3, -0.25) is 4.57 Å². The van der Waals surface area contributed by atoms with E-state index in [0.717, 1.165) is 0 Å². The molecular formula is C17H23O6P. The number of fused-ring (bicyclic) bond motifs is 1. The maximum Gasteiger partial charge on any atom is 0.259 e. The molecule has 0 aliphatic carbocycles. The lowest BCUT2D eigenvalue weighted by atomic mass is 10.1. The second-order valence-electron chi connectivity index (χ2n) is 6.29. The SMILES string of the molecule is C=C([C@H]1O[C@@H]2OC(C)(C)O[C@@H]2[C@H]1OC)P(=O)(OC)c1ccccc1. The van der Waals surface area contributed by atoms with Crippen molar-refractivity contribution in [1.82, 2.24) is 0 Å². The summed E-state index contributed by atoms with van der Waals surface area (Å²) >= 11 is 0. The van der Waals surface area contributed by atoms with Crippen molar-refractivity contribution < 1.29 is 28.0 Å². The molecule has 0 radical (unpaired) electrons. The quantitative estimate of drug-likeness (QED) is 0.758. The highest BCUT2D eigenvalue weighted by Crippen LogP contribution is 2.57. The van der Waals surface area contributed by atoms with Gasteiger partial charge in [0.15, 0.2) is 12.1 Å². The van der Waals surface area contributed by atoms with Crippen LogP contribution in [0.1, 0.15) is 13.8 Å². The monoisotopic (exact) mass is 354 g/mol. The zero-order valence-electron chi connectivity index (χ0n) is 14.3. The molecule has 0 N–H and O–H groups in total. The van der Waals surface area contributed by atoms with Crippen LogP contribution in [0, 0.1) is 0 Å². The van der Waals surface area contributed by atoms with Gasteiger partial charge in [-0.2, -0.15) is 0 Å². The minimum Gasteiger partial charge on any atom is -0.375 e. The molecule has 2 aliphatic rings. The smallest absolute Gasteiger partial charge is 0.259 e. The van der Waals surface area contributed by atoms with Crippen LogP contribution in [0.2, 0.25) is 0 Å². The number of benzene rings is 1. The van der Waals surface area contributed by atoms with Gasteiger partial charge in [0.1, 0.15) is 18.3 Å². The van der Waals surface area contributed by atoms with Crippen LogP contribution in [0.5, 0.6) is 0 Å². The molecule has 6 nitrogen and oxygen atoms in total. The summed E-state index contributed by atoms with van der Waals surface area (Å²) in [7, 11) is -0.355. The van der Waals surface area contributed by atoms with E-state index < -0.39 is 37.8 Å². The molecule has 132 valence electrons. The summed E-state index contributed by atoms with van der Waals surface area (Å²) in [6.45, 7) is 7.64. The molecule has 2 fully saturated rings. The first-order valence-corrected chi connectivity index (χ1v) is 9.39. The van der Waals surface area contributed by atoms with Gasteiger partial charge in [0.25, 0.3) is 7.37 Å². The predicted octanol–water partition coefficient (Wildman–Crippen LogP) is 2.64. The zero-order chi connectivity index (χ0) is 17.5. The van der Waals surface area contributed by atoms with Crippen LogP contribution in [-0.4, -0.2) is 44.6 Å². The molecule has 0 bridgehead atoms. The van der Waals surface area contributed by atoms with Crippen LogP contribution < -0.4 is 5.30 Å². The number of hydrogen-bond donors (Lipinski definition) is 0. The first-order valence-electron chi connectivity index (χ1n) is 7.77. The molecule has 0 amide bonds. The molecule has 1 aromatic rings. The van der Waals surface area contributed by atoms with Gasteiger partial charge in [-0.1, -0.05) is 24.8 Å². The Morgan fingerprint density at radius 3 is 2.46 bits per heavy atom. The largest absolute Gasteiger partial charge is 0.375 e. The fraction of sp³-hybridized carbons (Fsp3) is 0.529. The van der Waals surface area contributed by atoms with Crippen molar-refractivity contribution in [1.29, 1.82) is 0 Å². The van der Waals surface area contributed by atoms with Gasteiger partial charge in [0.2, 0.25) is 0 Å². The second-order valence-corrected chi connectivity index (χ2v) is 8.85. The highest BCUT2D eigenvalue weighted by molar-refractivity contribution is 7.71. The van der Waals surface area contributed by atoms with E-state index in [-0.39, 0.29) is 0 Å². The third-order valence-electron chi connectivity index (χ3n) is 4.32. The summed E-state index contributed by atoms with van der Waals surface area (Å²) in [6.07, 6.45) is -2.12. The highest BCUT2D eigenvalue weighted by atomic mass is 31.2. The summed E-state index contributed by atoms with van der Waals surface area (Å²) in [6, 6.07) is 8.97. The van der Waals surface area contributed by atoms with Gasteiger partial charge in [-0.25, -0.2) is 0 Å². The molecule has 7 heteroatoms. The number of ether oxygens (including phenoxy) is 4. The van der Waals surface area contributed by atoms with Gasteiger partial charge in [0, 0.05) is 24.8 Å². The molecule has 5 atom stereocenters. The van der Waals surface area contributed by atoms with E-state index in [1.54, 1.807) is 31.4 Å². The summed E-state index contributed by atoms with van der Waals surface area (Å²) in [5.41, 5.74) is 0. The molecule has 3 rings (SSSR count). The molecule has 2 aliphatic heterocycles. The Hall–Kier alpha value is -1.01. The maximum atomic E-state index is 13.4. The van der Waals surface area contributed by atoms with E-state index in [2.05, 4.69) is 6.58 Å².